The van der Waals surface area contributed by atoms with Gasteiger partial charge in [-0.25, -0.2) is 4.39 Å². The molecule has 3 aromatic rings. The molecule has 2 aromatic carbocycles. The number of amides is 2. The summed E-state index contributed by atoms with van der Waals surface area (Å²) in [5, 5.41) is 14.0. The summed E-state index contributed by atoms with van der Waals surface area (Å²) in [5.74, 6) is -0.540. The predicted octanol–water partition coefficient (Wildman–Crippen LogP) is 2.70. The van der Waals surface area contributed by atoms with Crippen molar-refractivity contribution in [2.24, 2.45) is 7.05 Å². The summed E-state index contributed by atoms with van der Waals surface area (Å²) in [6.45, 7) is 3.14. The Bertz CT molecular complexity index is 1150. The number of anilines is 3. The van der Waals surface area contributed by atoms with Gasteiger partial charge in [-0.15, -0.1) is 10.2 Å². The molecule has 1 aliphatic heterocycles. The van der Waals surface area contributed by atoms with Crippen molar-refractivity contribution in [1.29, 1.82) is 0 Å². The van der Waals surface area contributed by atoms with Crippen molar-refractivity contribution in [3.05, 3.63) is 60.2 Å². The Morgan fingerprint density at radius 2 is 1.76 bits per heavy atom. The monoisotopic (exact) mass is 484 g/mol. The number of hydrogen-bond donors (Lipinski definition) is 2. The minimum atomic E-state index is -0.508. The number of benzene rings is 2. The van der Waals surface area contributed by atoms with Crippen molar-refractivity contribution >= 4 is 40.6 Å². The average Bonchev–Trinajstić information content (AvgIpc) is 3.19. The summed E-state index contributed by atoms with van der Waals surface area (Å²) >= 11 is 1.22. The summed E-state index contributed by atoms with van der Waals surface area (Å²) in [5.41, 5.74) is 1.92. The smallest absolute Gasteiger partial charge is 0.234 e. The number of thioether (sulfide) groups is 1. The first-order chi connectivity index (χ1) is 16.5. The van der Waals surface area contributed by atoms with Crippen LogP contribution in [0.5, 0.6) is 0 Å². The van der Waals surface area contributed by atoms with Gasteiger partial charge in [0.15, 0.2) is 5.16 Å². The molecule has 34 heavy (non-hydrogen) atoms. The zero-order valence-corrected chi connectivity index (χ0v) is 19.5. The van der Waals surface area contributed by atoms with Gasteiger partial charge < -0.3 is 24.8 Å². The lowest BCUT2D eigenvalue weighted by atomic mass is 10.2. The lowest BCUT2D eigenvalue weighted by Crippen LogP contribution is -2.36. The summed E-state index contributed by atoms with van der Waals surface area (Å²) in [6, 6.07) is 13.7. The van der Waals surface area contributed by atoms with Crippen LogP contribution in [-0.4, -0.2) is 58.6 Å². The van der Waals surface area contributed by atoms with E-state index in [0.29, 0.717) is 16.7 Å². The molecule has 9 nitrogen and oxygen atoms in total. The minimum Gasteiger partial charge on any atom is -0.378 e. The molecule has 2 heterocycles. The normalized spacial score (nSPS) is 13.5. The Morgan fingerprint density at radius 3 is 2.50 bits per heavy atom. The molecule has 0 atom stereocenters. The number of para-hydroxylation sites is 1. The lowest BCUT2D eigenvalue weighted by molar-refractivity contribution is -0.116. The Kier molecular flexibility index (Phi) is 7.76. The Morgan fingerprint density at radius 1 is 1.03 bits per heavy atom. The molecule has 2 amide bonds. The molecule has 1 aliphatic rings. The number of nitrogens with zero attached hydrogens (tertiary/aromatic N) is 4. The zero-order valence-electron chi connectivity index (χ0n) is 18.7. The van der Waals surface area contributed by atoms with Crippen LogP contribution in [0.1, 0.15) is 5.82 Å². The first kappa shape index (κ1) is 23.7. The molecule has 11 heteroatoms. The second kappa shape index (κ2) is 11.1. The van der Waals surface area contributed by atoms with Gasteiger partial charge in [-0.2, -0.15) is 0 Å². The number of halogens is 1. The van der Waals surface area contributed by atoms with Gasteiger partial charge in [-0.1, -0.05) is 23.9 Å². The Balaban J connectivity index is 1.26. The maximum absolute atomic E-state index is 13.7. The topological polar surface area (TPSA) is 101 Å². The third-order valence-corrected chi connectivity index (χ3v) is 6.27. The molecule has 0 radical (unpaired) electrons. The van der Waals surface area contributed by atoms with Crippen molar-refractivity contribution in [1.82, 2.24) is 14.8 Å². The van der Waals surface area contributed by atoms with E-state index in [1.54, 1.807) is 23.7 Å². The van der Waals surface area contributed by atoms with E-state index in [2.05, 4.69) is 25.7 Å². The molecule has 0 spiro atoms. The minimum absolute atomic E-state index is 0.0694. The Labute approximate surface area is 200 Å². The van der Waals surface area contributed by atoms with Crippen LogP contribution in [0.4, 0.5) is 21.5 Å². The van der Waals surface area contributed by atoms with E-state index in [1.807, 2.05) is 24.3 Å². The van der Waals surface area contributed by atoms with Gasteiger partial charge in [-0.05, 0) is 36.4 Å². The van der Waals surface area contributed by atoms with E-state index in [4.69, 9.17) is 4.74 Å². The average molecular weight is 485 g/mol. The number of carbonyl (C=O) groups is 2. The molecule has 0 saturated carbocycles. The second-order valence-electron chi connectivity index (χ2n) is 7.65. The summed E-state index contributed by atoms with van der Waals surface area (Å²) in [7, 11) is 1.72. The van der Waals surface area contributed by atoms with Gasteiger partial charge in [0.1, 0.15) is 11.6 Å². The van der Waals surface area contributed by atoms with Gasteiger partial charge in [0.25, 0.3) is 0 Å². The van der Waals surface area contributed by atoms with Crippen molar-refractivity contribution in [2.45, 2.75) is 11.6 Å². The van der Waals surface area contributed by atoms with Crippen LogP contribution in [0.25, 0.3) is 0 Å². The number of ether oxygens (including phenoxy) is 1. The fourth-order valence-corrected chi connectivity index (χ4v) is 4.16. The summed E-state index contributed by atoms with van der Waals surface area (Å²) in [4.78, 5) is 26.9. The highest BCUT2D eigenvalue weighted by Gasteiger charge is 2.16. The van der Waals surface area contributed by atoms with Gasteiger partial charge in [0, 0.05) is 31.5 Å². The third-order valence-electron chi connectivity index (χ3n) is 5.25. The molecule has 178 valence electrons. The number of carbonyl (C=O) groups excluding carboxylic acids is 2. The van der Waals surface area contributed by atoms with Crippen LogP contribution in [0.15, 0.2) is 53.7 Å². The van der Waals surface area contributed by atoms with Crippen LogP contribution < -0.4 is 15.5 Å². The predicted molar refractivity (Wildman–Crippen MR) is 129 cm³/mol. The fraction of sp³-hybridized carbons (Fsp3) is 0.304. The maximum atomic E-state index is 13.7. The van der Waals surface area contributed by atoms with E-state index < -0.39 is 11.7 Å². The summed E-state index contributed by atoms with van der Waals surface area (Å²) < 4.78 is 20.7. The van der Waals surface area contributed by atoms with Gasteiger partial charge >= 0.3 is 0 Å². The van der Waals surface area contributed by atoms with E-state index >= 15 is 0 Å². The van der Waals surface area contributed by atoms with Crippen molar-refractivity contribution < 1.29 is 18.7 Å². The standard InChI is InChI=1S/C23H25FN6O3S/c1-29-20(14-21(31)26-19-5-3-2-4-18(19)24)27-28-23(29)34-15-22(32)25-16-6-8-17(9-7-16)30-10-12-33-13-11-30/h2-9H,10-15H2,1H3,(H,25,32)(H,26,31). The highest BCUT2D eigenvalue weighted by Crippen LogP contribution is 2.21. The number of morpholine rings is 1. The lowest BCUT2D eigenvalue weighted by Gasteiger charge is -2.28. The molecule has 4 rings (SSSR count). The maximum Gasteiger partial charge on any atom is 0.234 e. The number of rotatable bonds is 8. The summed E-state index contributed by atoms with van der Waals surface area (Å²) in [6.07, 6.45) is -0.0694. The van der Waals surface area contributed by atoms with Gasteiger partial charge in [0.05, 0.1) is 31.1 Å². The van der Waals surface area contributed by atoms with E-state index in [0.717, 1.165) is 32.0 Å². The number of aromatic nitrogens is 3. The van der Waals surface area contributed by atoms with Gasteiger partial charge in [0.2, 0.25) is 11.8 Å². The molecule has 1 aromatic heterocycles. The van der Waals surface area contributed by atoms with Gasteiger partial charge in [-0.3, -0.25) is 9.59 Å². The molecule has 0 unspecified atom stereocenters. The van der Waals surface area contributed by atoms with E-state index in [1.165, 1.54) is 23.9 Å². The van der Waals surface area contributed by atoms with Crippen LogP contribution in [0, 0.1) is 5.82 Å². The second-order valence-corrected chi connectivity index (χ2v) is 8.59. The molecule has 1 saturated heterocycles. The van der Waals surface area contributed by atoms with Crippen molar-refractivity contribution in [3.8, 4) is 0 Å². The molecule has 2 N–H and O–H groups in total. The molecule has 1 fully saturated rings. The van der Waals surface area contributed by atoms with Crippen LogP contribution in [-0.2, 0) is 27.8 Å². The highest BCUT2D eigenvalue weighted by molar-refractivity contribution is 7.99. The van der Waals surface area contributed by atoms with Crippen molar-refractivity contribution in [3.63, 3.8) is 0 Å². The first-order valence-electron chi connectivity index (χ1n) is 10.8. The number of nitrogens with one attached hydrogen (secondary N) is 2. The highest BCUT2D eigenvalue weighted by atomic mass is 32.2. The van der Waals surface area contributed by atoms with Crippen LogP contribution >= 0.6 is 11.8 Å². The number of hydrogen-bond acceptors (Lipinski definition) is 7. The van der Waals surface area contributed by atoms with E-state index in [-0.39, 0.29) is 23.8 Å². The molecule has 0 aliphatic carbocycles. The molecular weight excluding hydrogens is 459 g/mol. The largest absolute Gasteiger partial charge is 0.378 e. The van der Waals surface area contributed by atoms with Crippen molar-refractivity contribution in [2.75, 3.05) is 47.6 Å². The molecular formula is C23H25FN6O3S. The van der Waals surface area contributed by atoms with Crippen LogP contribution in [0.3, 0.4) is 0 Å². The SMILES string of the molecule is Cn1c(CC(=O)Nc2ccccc2F)nnc1SCC(=O)Nc1ccc(N2CCOCC2)cc1. The Hall–Kier alpha value is -3.44. The zero-order chi connectivity index (χ0) is 23.9. The molecule has 0 bridgehead atoms. The fourth-order valence-electron chi connectivity index (χ4n) is 3.43. The first-order valence-corrected chi connectivity index (χ1v) is 11.8. The van der Waals surface area contributed by atoms with E-state index in [9.17, 15) is 14.0 Å². The third kappa shape index (κ3) is 6.12. The van der Waals surface area contributed by atoms with Crippen LogP contribution in [0.2, 0.25) is 0 Å². The quantitative estimate of drug-likeness (QED) is 0.474.